The van der Waals surface area contributed by atoms with Gasteiger partial charge in [-0.2, -0.15) is 0 Å². The number of hydrogen-bond donors (Lipinski definition) is 2. The summed E-state index contributed by atoms with van der Waals surface area (Å²) in [6.45, 7) is 3.44. The predicted molar refractivity (Wildman–Crippen MR) is 102 cm³/mol. The zero-order valence-electron chi connectivity index (χ0n) is 15.5. The lowest BCUT2D eigenvalue weighted by Gasteiger charge is -2.25. The molecule has 0 saturated carbocycles. The Morgan fingerprint density at radius 1 is 1.18 bits per heavy atom. The van der Waals surface area contributed by atoms with Crippen LogP contribution in [0.5, 0.6) is 0 Å². The van der Waals surface area contributed by atoms with E-state index in [4.69, 9.17) is 0 Å². The molecule has 2 heterocycles. The molecule has 1 aliphatic rings. The zero-order valence-corrected chi connectivity index (χ0v) is 16.3. The Balaban J connectivity index is 1.73. The lowest BCUT2D eigenvalue weighted by atomic mass is 10.1. The molecule has 9 heteroatoms. The van der Waals surface area contributed by atoms with Crippen LogP contribution in [0.2, 0.25) is 0 Å². The number of carbonyl (C=O) groups is 2. The third kappa shape index (κ3) is 3.99. The first-order valence-electron chi connectivity index (χ1n) is 8.80. The number of carbonyl (C=O) groups excluding carboxylic acids is 2. The second-order valence-corrected chi connectivity index (χ2v) is 8.47. The van der Waals surface area contributed by atoms with Crippen LogP contribution in [0.15, 0.2) is 52.2 Å². The average molecular weight is 403 g/mol. The van der Waals surface area contributed by atoms with Crippen molar-refractivity contribution in [3.8, 4) is 0 Å². The molecule has 1 fully saturated rings. The Morgan fingerprint density at radius 2 is 1.86 bits per heavy atom. The molecule has 1 saturated heterocycles. The second kappa shape index (κ2) is 7.59. The number of aromatic amines is 1. The van der Waals surface area contributed by atoms with Crippen molar-refractivity contribution in [3.05, 3.63) is 64.1 Å². The van der Waals surface area contributed by atoms with Gasteiger partial charge in [-0.15, -0.1) is 0 Å². The average Bonchev–Trinajstić information content (AvgIpc) is 3.03. The Morgan fingerprint density at radius 3 is 2.50 bits per heavy atom. The largest absolute Gasteiger partial charge is 0.335 e. The van der Waals surface area contributed by atoms with Crippen molar-refractivity contribution in [3.63, 3.8) is 0 Å². The molecule has 1 aromatic carbocycles. The maximum atomic E-state index is 12.5. The number of rotatable bonds is 5. The first-order valence-corrected chi connectivity index (χ1v) is 10.3. The lowest BCUT2D eigenvalue weighted by molar-refractivity contribution is -0.130. The minimum Gasteiger partial charge on any atom is -0.335 e. The number of likely N-dealkylation sites (tertiary alicyclic amines) is 1. The van der Waals surface area contributed by atoms with Crippen molar-refractivity contribution >= 4 is 21.8 Å². The third-order valence-electron chi connectivity index (χ3n) is 4.87. The van der Waals surface area contributed by atoms with Gasteiger partial charge in [0, 0.05) is 24.7 Å². The fourth-order valence-corrected chi connectivity index (χ4v) is 4.56. The van der Waals surface area contributed by atoms with E-state index in [1.54, 1.807) is 4.90 Å². The summed E-state index contributed by atoms with van der Waals surface area (Å²) in [6, 6.07) is 11.4. The molecular formula is C19H21N3O5S. The van der Waals surface area contributed by atoms with Crippen LogP contribution in [0.25, 0.3) is 0 Å². The predicted octanol–water partition coefficient (Wildman–Crippen LogP) is 1.10. The van der Waals surface area contributed by atoms with Gasteiger partial charge in [-0.05, 0) is 25.5 Å². The van der Waals surface area contributed by atoms with Crippen molar-refractivity contribution in [2.45, 2.75) is 31.2 Å². The summed E-state index contributed by atoms with van der Waals surface area (Å²) in [7, 11) is -4.15. The summed E-state index contributed by atoms with van der Waals surface area (Å²) in [5, 5.41) is 0. The van der Waals surface area contributed by atoms with E-state index in [0.717, 1.165) is 17.7 Å². The van der Waals surface area contributed by atoms with E-state index in [0.29, 0.717) is 0 Å². The van der Waals surface area contributed by atoms with Crippen molar-refractivity contribution in [1.82, 2.24) is 14.6 Å². The van der Waals surface area contributed by atoms with Crippen LogP contribution >= 0.6 is 0 Å². The molecule has 2 unspecified atom stereocenters. The zero-order chi connectivity index (χ0) is 20.5. The van der Waals surface area contributed by atoms with E-state index in [-0.39, 0.29) is 35.5 Å². The summed E-state index contributed by atoms with van der Waals surface area (Å²) in [5.74, 6) is -1.70. The first kappa shape index (κ1) is 19.8. The number of aromatic nitrogens is 1. The van der Waals surface area contributed by atoms with E-state index in [9.17, 15) is 22.8 Å². The SMILES string of the molecule is Cc1[nH]c(=O)ccc1S(=O)(=O)NC(=O)C1CC(=O)N(C(C)c2ccccc2)C1. The van der Waals surface area contributed by atoms with Gasteiger partial charge < -0.3 is 9.88 Å². The molecule has 0 radical (unpaired) electrons. The Kier molecular flexibility index (Phi) is 5.37. The second-order valence-electron chi connectivity index (χ2n) is 6.82. The van der Waals surface area contributed by atoms with Crippen molar-refractivity contribution in [2.24, 2.45) is 5.92 Å². The molecule has 2 amide bonds. The number of H-pyrrole nitrogens is 1. The highest BCUT2D eigenvalue weighted by molar-refractivity contribution is 7.90. The highest BCUT2D eigenvalue weighted by Crippen LogP contribution is 2.28. The lowest BCUT2D eigenvalue weighted by Crippen LogP contribution is -2.37. The van der Waals surface area contributed by atoms with E-state index in [1.165, 1.54) is 6.92 Å². The number of nitrogens with one attached hydrogen (secondary N) is 2. The summed E-state index contributed by atoms with van der Waals surface area (Å²) in [4.78, 5) is 40.0. The van der Waals surface area contributed by atoms with Gasteiger partial charge >= 0.3 is 0 Å². The third-order valence-corrected chi connectivity index (χ3v) is 6.36. The number of nitrogens with zero attached hydrogens (tertiary/aromatic N) is 1. The summed E-state index contributed by atoms with van der Waals surface area (Å²) in [5.41, 5.74) is 0.637. The number of benzene rings is 1. The van der Waals surface area contributed by atoms with Crippen molar-refractivity contribution in [1.29, 1.82) is 0 Å². The number of pyridine rings is 1. The van der Waals surface area contributed by atoms with Crippen LogP contribution < -0.4 is 10.3 Å². The quantitative estimate of drug-likeness (QED) is 0.775. The molecule has 2 atom stereocenters. The molecule has 0 spiro atoms. The highest BCUT2D eigenvalue weighted by Gasteiger charge is 2.38. The fraction of sp³-hybridized carbons (Fsp3) is 0.316. The van der Waals surface area contributed by atoms with Gasteiger partial charge in [0.15, 0.2) is 0 Å². The maximum absolute atomic E-state index is 12.5. The minimum absolute atomic E-state index is 0.0524. The molecule has 0 bridgehead atoms. The number of hydrogen-bond acceptors (Lipinski definition) is 5. The van der Waals surface area contributed by atoms with Crippen LogP contribution in [-0.2, 0) is 19.6 Å². The smallest absolute Gasteiger partial charge is 0.265 e. The Hall–Kier alpha value is -2.94. The number of sulfonamides is 1. The number of aryl methyl sites for hydroxylation is 1. The van der Waals surface area contributed by atoms with E-state index in [2.05, 4.69) is 4.98 Å². The molecule has 2 N–H and O–H groups in total. The van der Waals surface area contributed by atoms with Crippen LogP contribution in [-0.4, -0.2) is 36.7 Å². The minimum atomic E-state index is -4.15. The van der Waals surface area contributed by atoms with Crippen molar-refractivity contribution in [2.75, 3.05) is 6.54 Å². The Labute approximate surface area is 162 Å². The van der Waals surface area contributed by atoms with Gasteiger partial charge in [0.1, 0.15) is 4.90 Å². The van der Waals surface area contributed by atoms with Gasteiger partial charge in [0.2, 0.25) is 17.4 Å². The normalized spacial score (nSPS) is 18.1. The van der Waals surface area contributed by atoms with Gasteiger partial charge in [-0.1, -0.05) is 30.3 Å². The fourth-order valence-electron chi connectivity index (χ4n) is 3.32. The molecule has 3 rings (SSSR count). The number of amides is 2. The van der Waals surface area contributed by atoms with Crippen LogP contribution in [0.4, 0.5) is 0 Å². The molecule has 8 nitrogen and oxygen atoms in total. The molecule has 1 aromatic heterocycles. The molecule has 2 aromatic rings. The summed E-state index contributed by atoms with van der Waals surface area (Å²) in [6.07, 6.45) is -0.0524. The first-order chi connectivity index (χ1) is 13.2. The van der Waals surface area contributed by atoms with Gasteiger partial charge in [-0.25, -0.2) is 13.1 Å². The highest BCUT2D eigenvalue weighted by atomic mass is 32.2. The van der Waals surface area contributed by atoms with E-state index in [1.807, 2.05) is 42.0 Å². The van der Waals surface area contributed by atoms with Gasteiger partial charge in [0.25, 0.3) is 10.0 Å². The monoisotopic (exact) mass is 403 g/mol. The maximum Gasteiger partial charge on any atom is 0.265 e. The molecule has 1 aliphatic heterocycles. The van der Waals surface area contributed by atoms with E-state index >= 15 is 0 Å². The van der Waals surface area contributed by atoms with Crippen molar-refractivity contribution < 1.29 is 18.0 Å². The van der Waals surface area contributed by atoms with Gasteiger partial charge in [-0.3, -0.25) is 14.4 Å². The van der Waals surface area contributed by atoms with Crippen LogP contribution in [0.3, 0.4) is 0 Å². The van der Waals surface area contributed by atoms with E-state index < -0.39 is 27.4 Å². The topological polar surface area (TPSA) is 116 Å². The molecule has 148 valence electrons. The Bertz CT molecular complexity index is 1060. The van der Waals surface area contributed by atoms with Crippen LogP contribution in [0.1, 0.15) is 30.6 Å². The molecule has 0 aliphatic carbocycles. The molecular weight excluding hydrogens is 382 g/mol. The van der Waals surface area contributed by atoms with Crippen LogP contribution in [0, 0.1) is 12.8 Å². The standard InChI is InChI=1S/C19H21N3O5S/c1-12-16(8-9-17(23)20-12)28(26,27)21-19(25)15-10-18(24)22(11-15)13(2)14-6-4-3-5-7-14/h3-9,13,15H,10-11H2,1-2H3,(H,20,23)(H,21,25). The summed E-state index contributed by atoms with van der Waals surface area (Å²) < 4.78 is 27.0. The summed E-state index contributed by atoms with van der Waals surface area (Å²) >= 11 is 0. The molecule has 28 heavy (non-hydrogen) atoms. The van der Waals surface area contributed by atoms with Gasteiger partial charge in [0.05, 0.1) is 12.0 Å².